The van der Waals surface area contributed by atoms with E-state index >= 15 is 0 Å². The van der Waals surface area contributed by atoms with E-state index in [0.29, 0.717) is 31.8 Å². The monoisotopic (exact) mass is 429 g/mol. The second-order valence-electron chi connectivity index (χ2n) is 9.82. The Labute approximate surface area is 185 Å². The highest BCUT2D eigenvalue weighted by molar-refractivity contribution is 5.84. The first-order valence-corrected chi connectivity index (χ1v) is 11.7. The molecule has 1 aliphatic carbocycles. The number of carbonyl (C=O) groups is 1. The molecule has 0 radical (unpaired) electrons. The summed E-state index contributed by atoms with van der Waals surface area (Å²) in [4.78, 5) is 23.0. The van der Waals surface area contributed by atoms with Crippen molar-refractivity contribution in [2.24, 2.45) is 5.41 Å². The molecule has 0 spiro atoms. The number of aryl methyl sites for hydroxylation is 1. The minimum atomic E-state index is -0.387. The topological polar surface area (TPSA) is 64.1 Å². The summed E-state index contributed by atoms with van der Waals surface area (Å²) in [5.74, 6) is 0.285. The van der Waals surface area contributed by atoms with Crippen LogP contribution < -0.4 is 0 Å². The fourth-order valence-electron chi connectivity index (χ4n) is 6.32. The van der Waals surface area contributed by atoms with Gasteiger partial charge in [-0.05, 0) is 50.8 Å². The lowest BCUT2D eigenvalue weighted by Crippen LogP contribution is -2.52. The molecule has 31 heavy (non-hydrogen) atoms. The third kappa shape index (κ3) is 3.69. The predicted octanol–water partition coefficient (Wildman–Crippen LogP) is 1.95. The van der Waals surface area contributed by atoms with Gasteiger partial charge in [0, 0.05) is 63.8 Å². The molecule has 3 aliphatic heterocycles. The zero-order valence-corrected chi connectivity index (χ0v) is 19.0. The number of methoxy groups -OCH3 is 1. The van der Waals surface area contributed by atoms with E-state index in [1.165, 1.54) is 5.56 Å². The Hall–Kier alpha value is -1.54. The van der Waals surface area contributed by atoms with Crippen LogP contribution in [-0.4, -0.2) is 85.5 Å². The van der Waals surface area contributed by atoms with Crippen LogP contribution >= 0.6 is 0 Å². The molecule has 4 heterocycles. The first kappa shape index (κ1) is 21.3. The number of fused-ring (bicyclic) bond motifs is 2. The maximum Gasteiger partial charge on any atom is 0.231 e. The molecule has 4 aliphatic rings. The quantitative estimate of drug-likeness (QED) is 0.729. The van der Waals surface area contributed by atoms with Crippen molar-refractivity contribution in [3.05, 3.63) is 29.1 Å². The molecule has 1 saturated carbocycles. The summed E-state index contributed by atoms with van der Waals surface area (Å²) in [5, 5.41) is 0. The Bertz CT molecular complexity index is 833. The van der Waals surface area contributed by atoms with E-state index in [1.807, 2.05) is 6.20 Å². The van der Waals surface area contributed by atoms with Gasteiger partial charge >= 0.3 is 0 Å². The summed E-state index contributed by atoms with van der Waals surface area (Å²) in [6.07, 6.45) is 6.45. The van der Waals surface area contributed by atoms with Crippen LogP contribution in [-0.2, 0) is 32.0 Å². The van der Waals surface area contributed by atoms with Crippen LogP contribution in [0.5, 0.6) is 0 Å². The number of likely N-dealkylation sites (N-methyl/N-ethyl adjacent to an activating group) is 1. The van der Waals surface area contributed by atoms with Crippen LogP contribution in [0.15, 0.2) is 12.3 Å². The summed E-state index contributed by atoms with van der Waals surface area (Å²) in [6, 6.07) is 2.84. The Morgan fingerprint density at radius 3 is 3.10 bits per heavy atom. The second kappa shape index (κ2) is 8.43. The first-order valence-electron chi connectivity index (χ1n) is 11.7. The van der Waals surface area contributed by atoms with Crippen LogP contribution in [0.4, 0.5) is 0 Å². The smallest absolute Gasteiger partial charge is 0.231 e. The number of carbonyl (C=O) groups excluding carboxylic acids is 1. The van der Waals surface area contributed by atoms with Crippen LogP contribution in [0.2, 0.25) is 0 Å². The molecule has 0 N–H and O–H groups in total. The van der Waals surface area contributed by atoms with E-state index in [1.54, 1.807) is 7.11 Å². The number of hydrogen-bond donors (Lipinski definition) is 0. The number of amides is 1. The molecular weight excluding hydrogens is 394 g/mol. The van der Waals surface area contributed by atoms with Gasteiger partial charge in [-0.25, -0.2) is 0 Å². The first-order chi connectivity index (χ1) is 15.0. The summed E-state index contributed by atoms with van der Waals surface area (Å²) in [5.41, 5.74) is 3.10. The normalized spacial score (nSPS) is 35.3. The van der Waals surface area contributed by atoms with Gasteiger partial charge in [0.05, 0.1) is 24.2 Å². The number of aromatic nitrogens is 1. The predicted molar refractivity (Wildman–Crippen MR) is 116 cm³/mol. The maximum absolute atomic E-state index is 13.9. The van der Waals surface area contributed by atoms with Crippen molar-refractivity contribution in [3.63, 3.8) is 0 Å². The summed E-state index contributed by atoms with van der Waals surface area (Å²) in [6.45, 7) is 5.59. The molecule has 0 bridgehead atoms. The molecule has 3 fully saturated rings. The van der Waals surface area contributed by atoms with Crippen molar-refractivity contribution in [2.75, 3.05) is 40.5 Å². The van der Waals surface area contributed by atoms with Gasteiger partial charge in [-0.15, -0.1) is 0 Å². The SMILES string of the molecule is CO[C@@H]1COCC[C@@H]1N(C)[C@@H]1C[C@H]2OCC[C@@]2(C(=O)N2CCc3ncc(C)cc3C2)C1. The van der Waals surface area contributed by atoms with Gasteiger partial charge in [0.2, 0.25) is 5.91 Å². The van der Waals surface area contributed by atoms with E-state index in [2.05, 4.69) is 34.8 Å². The zero-order valence-electron chi connectivity index (χ0n) is 19.0. The number of ether oxygens (including phenoxy) is 3. The van der Waals surface area contributed by atoms with Gasteiger partial charge in [0.1, 0.15) is 0 Å². The van der Waals surface area contributed by atoms with Crippen LogP contribution in [0, 0.1) is 12.3 Å². The Kier molecular flexibility index (Phi) is 5.79. The van der Waals surface area contributed by atoms with E-state index in [4.69, 9.17) is 14.2 Å². The Morgan fingerprint density at radius 1 is 1.39 bits per heavy atom. The van der Waals surface area contributed by atoms with Gasteiger partial charge in [-0.3, -0.25) is 14.7 Å². The third-order valence-electron chi connectivity index (χ3n) is 8.13. The number of hydrogen-bond acceptors (Lipinski definition) is 6. The van der Waals surface area contributed by atoms with Gasteiger partial charge < -0.3 is 19.1 Å². The second-order valence-corrected chi connectivity index (χ2v) is 9.82. The summed E-state index contributed by atoms with van der Waals surface area (Å²) < 4.78 is 17.5. The van der Waals surface area contributed by atoms with Gasteiger partial charge in [-0.2, -0.15) is 0 Å². The Balaban J connectivity index is 1.33. The minimum absolute atomic E-state index is 0.0188. The van der Waals surface area contributed by atoms with Crippen LogP contribution in [0.1, 0.15) is 42.5 Å². The zero-order chi connectivity index (χ0) is 21.6. The van der Waals surface area contributed by atoms with Crippen molar-refractivity contribution in [2.45, 2.75) is 69.9 Å². The highest BCUT2D eigenvalue weighted by Gasteiger charge is 2.58. The Morgan fingerprint density at radius 2 is 2.26 bits per heavy atom. The average Bonchev–Trinajstić information content (AvgIpc) is 3.36. The molecule has 1 aromatic heterocycles. The lowest BCUT2D eigenvalue weighted by molar-refractivity contribution is -0.145. The van der Waals surface area contributed by atoms with Crippen molar-refractivity contribution < 1.29 is 19.0 Å². The molecule has 2 saturated heterocycles. The number of rotatable bonds is 4. The number of nitrogens with zero attached hydrogens (tertiary/aromatic N) is 3. The average molecular weight is 430 g/mol. The fraction of sp³-hybridized carbons (Fsp3) is 0.750. The van der Waals surface area contributed by atoms with E-state index < -0.39 is 0 Å². The number of pyridine rings is 1. The standard InChI is InChI=1S/C24H35N3O4/c1-16-10-17-14-27(7-4-19(17)25-13-16)23(28)24-6-9-31-22(24)11-18(12-24)26(2)20-5-8-30-15-21(20)29-3/h10,13,18,20-22H,4-9,11-12,14-15H2,1-3H3/t18-,20+,21-,22-,24-/m1/s1. The minimum Gasteiger partial charge on any atom is -0.379 e. The highest BCUT2D eigenvalue weighted by Crippen LogP contribution is 2.50. The molecular formula is C24H35N3O4. The van der Waals surface area contributed by atoms with Crippen molar-refractivity contribution in [3.8, 4) is 0 Å². The lowest BCUT2D eigenvalue weighted by atomic mass is 9.80. The molecule has 7 heteroatoms. The molecule has 0 unspecified atom stereocenters. The largest absolute Gasteiger partial charge is 0.379 e. The summed E-state index contributed by atoms with van der Waals surface area (Å²) >= 11 is 0. The van der Waals surface area contributed by atoms with E-state index in [-0.39, 0.29) is 23.5 Å². The molecule has 7 nitrogen and oxygen atoms in total. The third-order valence-corrected chi connectivity index (χ3v) is 8.13. The van der Waals surface area contributed by atoms with Gasteiger partial charge in [-0.1, -0.05) is 6.07 Å². The van der Waals surface area contributed by atoms with E-state index in [9.17, 15) is 4.79 Å². The van der Waals surface area contributed by atoms with Gasteiger partial charge in [0.15, 0.2) is 0 Å². The highest BCUT2D eigenvalue weighted by atomic mass is 16.5. The fourth-order valence-corrected chi connectivity index (χ4v) is 6.32. The molecule has 5 rings (SSSR count). The van der Waals surface area contributed by atoms with Crippen molar-refractivity contribution in [1.82, 2.24) is 14.8 Å². The van der Waals surface area contributed by atoms with Crippen molar-refractivity contribution in [1.29, 1.82) is 0 Å². The van der Waals surface area contributed by atoms with Crippen LogP contribution in [0.3, 0.4) is 0 Å². The molecule has 1 amide bonds. The molecule has 0 aromatic carbocycles. The van der Waals surface area contributed by atoms with Crippen LogP contribution in [0.25, 0.3) is 0 Å². The summed E-state index contributed by atoms with van der Waals surface area (Å²) in [7, 11) is 3.96. The molecule has 170 valence electrons. The van der Waals surface area contributed by atoms with E-state index in [0.717, 1.165) is 56.5 Å². The van der Waals surface area contributed by atoms with Gasteiger partial charge in [0.25, 0.3) is 0 Å². The van der Waals surface area contributed by atoms with Crippen molar-refractivity contribution >= 4 is 5.91 Å². The lowest BCUT2D eigenvalue weighted by Gasteiger charge is -2.41. The molecule has 5 atom stereocenters. The molecule has 1 aromatic rings. The maximum atomic E-state index is 13.9.